The highest BCUT2D eigenvalue weighted by Gasteiger charge is 2.26. The molecule has 33 heavy (non-hydrogen) atoms. The smallest absolute Gasteiger partial charge is 0.254 e. The monoisotopic (exact) mass is 459 g/mol. The topological polar surface area (TPSA) is 62.3 Å². The van der Waals surface area contributed by atoms with E-state index in [9.17, 15) is 9.59 Å². The van der Waals surface area contributed by atoms with E-state index in [0.29, 0.717) is 25.2 Å². The van der Waals surface area contributed by atoms with Gasteiger partial charge in [-0.15, -0.1) is 11.8 Å². The molecule has 6 heteroatoms. The summed E-state index contributed by atoms with van der Waals surface area (Å²) < 4.78 is 0. The molecule has 0 atom stereocenters. The number of nitrogens with zero attached hydrogens (tertiary/aromatic N) is 2. The third-order valence-electron chi connectivity index (χ3n) is 6.50. The van der Waals surface area contributed by atoms with Crippen LogP contribution in [0, 0.1) is 20.8 Å². The van der Waals surface area contributed by atoms with Crippen molar-refractivity contribution >= 4 is 23.6 Å². The molecule has 5 nitrogen and oxygen atoms in total. The van der Waals surface area contributed by atoms with Gasteiger partial charge in [0.2, 0.25) is 0 Å². The molecule has 4 rings (SSSR count). The average molecular weight is 460 g/mol. The van der Waals surface area contributed by atoms with Gasteiger partial charge in [-0.25, -0.2) is 0 Å². The fraction of sp³-hybridized carbons (Fsp3) is 0.296. The van der Waals surface area contributed by atoms with Crippen molar-refractivity contribution in [3.63, 3.8) is 0 Å². The average Bonchev–Trinajstić information content (AvgIpc) is 2.84. The number of carbonyl (C=O) groups is 2. The van der Waals surface area contributed by atoms with Gasteiger partial charge in [0, 0.05) is 42.0 Å². The summed E-state index contributed by atoms with van der Waals surface area (Å²) in [6, 6.07) is 13.5. The summed E-state index contributed by atoms with van der Waals surface area (Å²) in [5.74, 6) is -0.0227. The largest absolute Gasteiger partial charge is 0.348 e. The standard InChI is InChI=1S/C27H29N3O2S/c1-17-8-7-10-21(18(17)2)27(32)30-13-12-22-20(16-30)14-28-19(3)24(22)15-29-26(31)23-9-5-6-11-25(23)33-4/h5-11,14H,12-13,15-16H2,1-4H3,(H,29,31). The van der Waals surface area contributed by atoms with Crippen LogP contribution in [0.25, 0.3) is 0 Å². The van der Waals surface area contributed by atoms with Crippen LogP contribution in [-0.4, -0.2) is 34.5 Å². The fourth-order valence-corrected chi connectivity index (χ4v) is 4.97. The number of aromatic nitrogens is 1. The number of rotatable bonds is 5. The van der Waals surface area contributed by atoms with Gasteiger partial charge < -0.3 is 10.2 Å². The van der Waals surface area contributed by atoms with E-state index in [0.717, 1.165) is 44.8 Å². The van der Waals surface area contributed by atoms with E-state index in [1.165, 1.54) is 5.56 Å². The molecule has 0 bridgehead atoms. The van der Waals surface area contributed by atoms with Crippen LogP contribution >= 0.6 is 11.8 Å². The van der Waals surface area contributed by atoms with Gasteiger partial charge in [-0.2, -0.15) is 0 Å². The lowest BCUT2D eigenvalue weighted by Crippen LogP contribution is -2.37. The van der Waals surface area contributed by atoms with Crippen LogP contribution in [-0.2, 0) is 19.5 Å². The summed E-state index contributed by atoms with van der Waals surface area (Å²) >= 11 is 1.56. The highest BCUT2D eigenvalue weighted by Crippen LogP contribution is 2.26. The minimum Gasteiger partial charge on any atom is -0.348 e. The van der Waals surface area contributed by atoms with Crippen molar-refractivity contribution < 1.29 is 9.59 Å². The molecule has 1 aliphatic heterocycles. The molecule has 1 aliphatic rings. The predicted molar refractivity (Wildman–Crippen MR) is 133 cm³/mol. The zero-order chi connectivity index (χ0) is 23.5. The molecule has 0 aliphatic carbocycles. The molecule has 2 amide bonds. The molecular weight excluding hydrogens is 430 g/mol. The molecule has 1 N–H and O–H groups in total. The zero-order valence-corrected chi connectivity index (χ0v) is 20.4. The van der Waals surface area contributed by atoms with Crippen LogP contribution in [0.4, 0.5) is 0 Å². The first-order valence-electron chi connectivity index (χ1n) is 11.1. The number of thioether (sulfide) groups is 1. The van der Waals surface area contributed by atoms with Gasteiger partial charge in [-0.05, 0) is 79.5 Å². The predicted octanol–water partition coefficient (Wildman–Crippen LogP) is 4.86. The van der Waals surface area contributed by atoms with E-state index in [2.05, 4.69) is 10.3 Å². The van der Waals surface area contributed by atoms with Crippen LogP contribution in [0.15, 0.2) is 53.6 Å². The van der Waals surface area contributed by atoms with Crippen molar-refractivity contribution in [2.75, 3.05) is 12.8 Å². The van der Waals surface area contributed by atoms with Crippen LogP contribution < -0.4 is 5.32 Å². The maximum absolute atomic E-state index is 13.2. The molecular formula is C27H29N3O2S. The summed E-state index contributed by atoms with van der Waals surface area (Å²) in [6.45, 7) is 7.62. The summed E-state index contributed by atoms with van der Waals surface area (Å²) in [5.41, 5.74) is 7.83. The minimum absolute atomic E-state index is 0.0611. The van der Waals surface area contributed by atoms with Crippen molar-refractivity contribution in [2.24, 2.45) is 0 Å². The summed E-state index contributed by atoms with van der Waals surface area (Å²) in [7, 11) is 0. The molecule has 0 saturated carbocycles. The molecule has 0 spiro atoms. The second-order valence-corrected chi connectivity index (χ2v) is 9.28. The summed E-state index contributed by atoms with van der Waals surface area (Å²) in [5, 5.41) is 3.08. The van der Waals surface area contributed by atoms with Crippen LogP contribution in [0.2, 0.25) is 0 Å². The number of carbonyl (C=O) groups excluding carboxylic acids is 2. The van der Waals surface area contributed by atoms with E-state index in [4.69, 9.17) is 0 Å². The molecule has 2 heterocycles. The number of fused-ring (bicyclic) bond motifs is 1. The molecule has 0 unspecified atom stereocenters. The van der Waals surface area contributed by atoms with Gasteiger partial charge in [0.25, 0.3) is 11.8 Å². The van der Waals surface area contributed by atoms with Crippen molar-refractivity contribution in [3.05, 3.63) is 93.3 Å². The first kappa shape index (κ1) is 23.1. The summed E-state index contributed by atoms with van der Waals surface area (Å²) in [4.78, 5) is 33.5. The Bertz CT molecular complexity index is 1220. The minimum atomic E-state index is -0.0838. The lowest BCUT2D eigenvalue weighted by atomic mass is 9.94. The van der Waals surface area contributed by atoms with Gasteiger partial charge in [0.1, 0.15) is 0 Å². The van der Waals surface area contributed by atoms with E-state index in [1.807, 2.05) is 80.6 Å². The van der Waals surface area contributed by atoms with Gasteiger partial charge in [-0.1, -0.05) is 24.3 Å². The van der Waals surface area contributed by atoms with Crippen molar-refractivity contribution in [1.82, 2.24) is 15.2 Å². The number of benzene rings is 2. The normalized spacial score (nSPS) is 12.9. The Kier molecular flexibility index (Phi) is 6.84. The third kappa shape index (κ3) is 4.67. The Labute approximate surface area is 199 Å². The number of aryl methyl sites for hydroxylation is 2. The van der Waals surface area contributed by atoms with Crippen LogP contribution in [0.3, 0.4) is 0 Å². The molecule has 0 saturated heterocycles. The third-order valence-corrected chi connectivity index (χ3v) is 7.29. The van der Waals surface area contributed by atoms with Crippen molar-refractivity contribution in [1.29, 1.82) is 0 Å². The number of nitrogens with one attached hydrogen (secondary N) is 1. The van der Waals surface area contributed by atoms with Crippen molar-refractivity contribution in [2.45, 2.75) is 45.2 Å². The maximum Gasteiger partial charge on any atom is 0.254 e. The number of hydrogen-bond acceptors (Lipinski definition) is 4. The van der Waals surface area contributed by atoms with Gasteiger partial charge in [0.05, 0.1) is 5.56 Å². The Morgan fingerprint density at radius 1 is 1.06 bits per heavy atom. The molecule has 1 aromatic heterocycles. The lowest BCUT2D eigenvalue weighted by molar-refractivity contribution is 0.0733. The molecule has 0 radical (unpaired) electrons. The highest BCUT2D eigenvalue weighted by molar-refractivity contribution is 7.98. The highest BCUT2D eigenvalue weighted by atomic mass is 32.2. The van der Waals surface area contributed by atoms with Crippen LogP contribution in [0.5, 0.6) is 0 Å². The quantitative estimate of drug-likeness (QED) is 0.554. The second kappa shape index (κ2) is 9.79. The number of pyridine rings is 1. The second-order valence-electron chi connectivity index (χ2n) is 8.43. The molecule has 0 fully saturated rings. The first-order valence-corrected chi connectivity index (χ1v) is 12.4. The Morgan fingerprint density at radius 3 is 2.61 bits per heavy atom. The molecule has 3 aromatic rings. The molecule has 170 valence electrons. The summed E-state index contributed by atoms with van der Waals surface area (Å²) in [6.07, 6.45) is 4.60. The van der Waals surface area contributed by atoms with Crippen LogP contribution in [0.1, 0.15) is 54.2 Å². The van der Waals surface area contributed by atoms with Crippen molar-refractivity contribution in [3.8, 4) is 0 Å². The maximum atomic E-state index is 13.2. The van der Waals surface area contributed by atoms with E-state index < -0.39 is 0 Å². The Morgan fingerprint density at radius 2 is 1.82 bits per heavy atom. The van der Waals surface area contributed by atoms with Gasteiger partial charge in [-0.3, -0.25) is 14.6 Å². The van der Waals surface area contributed by atoms with E-state index >= 15 is 0 Å². The van der Waals surface area contributed by atoms with Gasteiger partial charge >= 0.3 is 0 Å². The van der Waals surface area contributed by atoms with E-state index in [1.54, 1.807) is 11.8 Å². The molecule has 2 aromatic carbocycles. The van der Waals surface area contributed by atoms with Gasteiger partial charge in [0.15, 0.2) is 0 Å². The number of amides is 2. The first-order chi connectivity index (χ1) is 15.9. The fourth-order valence-electron chi connectivity index (χ4n) is 4.38. The number of hydrogen-bond donors (Lipinski definition) is 1. The zero-order valence-electron chi connectivity index (χ0n) is 19.6. The SMILES string of the molecule is CSc1ccccc1C(=O)NCc1c(C)ncc2c1CCN(C(=O)c1cccc(C)c1C)C2. The van der Waals surface area contributed by atoms with E-state index in [-0.39, 0.29) is 11.8 Å². The Balaban J connectivity index is 1.53. The Hall–Kier alpha value is -3.12. The lowest BCUT2D eigenvalue weighted by Gasteiger charge is -2.31.